The zero-order chi connectivity index (χ0) is 13.7. The van der Waals surface area contributed by atoms with Gasteiger partial charge in [-0.25, -0.2) is 4.39 Å². The van der Waals surface area contributed by atoms with Gasteiger partial charge in [-0.3, -0.25) is 0 Å². The largest absolute Gasteiger partial charge is 0.383 e. The molecule has 0 saturated heterocycles. The van der Waals surface area contributed by atoms with E-state index in [1.165, 1.54) is 24.8 Å². The average molecular weight is 265 g/mol. The van der Waals surface area contributed by atoms with Crippen LogP contribution in [0.2, 0.25) is 0 Å². The molecule has 2 rings (SSSR count). The first-order valence-corrected chi connectivity index (χ1v) is 7.15. The van der Waals surface area contributed by atoms with Gasteiger partial charge in [-0.15, -0.1) is 0 Å². The summed E-state index contributed by atoms with van der Waals surface area (Å²) in [5.41, 5.74) is 1.42. The summed E-state index contributed by atoms with van der Waals surface area (Å²) in [7, 11) is 1.72. The Balaban J connectivity index is 2.13. The normalized spacial score (nSPS) is 26.8. The Morgan fingerprint density at radius 3 is 2.68 bits per heavy atom. The van der Waals surface area contributed by atoms with Crippen LogP contribution < -0.4 is 5.32 Å². The minimum absolute atomic E-state index is 0.154. The maximum Gasteiger partial charge on any atom is 0.123 e. The van der Waals surface area contributed by atoms with Crippen molar-refractivity contribution >= 4 is 0 Å². The topological polar surface area (TPSA) is 21.3 Å². The van der Waals surface area contributed by atoms with E-state index in [1.807, 2.05) is 12.1 Å². The molecule has 2 unspecified atom stereocenters. The lowest BCUT2D eigenvalue weighted by Gasteiger charge is -2.35. The molecule has 0 spiro atoms. The van der Waals surface area contributed by atoms with Crippen molar-refractivity contribution in [1.82, 2.24) is 5.32 Å². The van der Waals surface area contributed by atoms with Crippen molar-refractivity contribution in [3.05, 3.63) is 35.6 Å². The highest BCUT2D eigenvalue weighted by atomic mass is 19.1. The Bertz CT molecular complexity index is 392. The number of rotatable bonds is 6. The van der Waals surface area contributed by atoms with Crippen LogP contribution in [0.15, 0.2) is 24.3 Å². The average Bonchev–Trinajstić information content (AvgIpc) is 2.78. The Morgan fingerprint density at radius 2 is 2.11 bits per heavy atom. The second-order valence-electron chi connectivity index (χ2n) is 5.63. The number of hydrogen-bond acceptors (Lipinski definition) is 2. The Hall–Kier alpha value is -0.930. The third-order valence-electron chi connectivity index (χ3n) is 4.55. The van der Waals surface area contributed by atoms with Crippen molar-refractivity contribution in [2.75, 3.05) is 26.8 Å². The number of ether oxygens (including phenoxy) is 1. The van der Waals surface area contributed by atoms with Crippen LogP contribution in [0.25, 0.3) is 0 Å². The van der Waals surface area contributed by atoms with Crippen LogP contribution in [0, 0.1) is 11.7 Å². The molecule has 0 bridgehead atoms. The van der Waals surface area contributed by atoms with E-state index in [0.717, 1.165) is 19.7 Å². The zero-order valence-corrected chi connectivity index (χ0v) is 11.9. The minimum Gasteiger partial charge on any atom is -0.383 e. The molecule has 1 N–H and O–H groups in total. The molecule has 0 radical (unpaired) electrons. The minimum atomic E-state index is -0.156. The summed E-state index contributed by atoms with van der Waals surface area (Å²) in [5, 5.41) is 3.49. The molecule has 2 atom stereocenters. The quantitative estimate of drug-likeness (QED) is 0.798. The van der Waals surface area contributed by atoms with Crippen molar-refractivity contribution in [1.29, 1.82) is 0 Å². The molecular weight excluding hydrogens is 241 g/mol. The van der Waals surface area contributed by atoms with Crippen LogP contribution in [0.4, 0.5) is 4.39 Å². The number of halogens is 1. The number of methoxy groups -OCH3 is 1. The van der Waals surface area contributed by atoms with Crippen LogP contribution in [0.3, 0.4) is 0 Å². The van der Waals surface area contributed by atoms with Crippen molar-refractivity contribution in [2.45, 2.75) is 31.6 Å². The van der Waals surface area contributed by atoms with Crippen LogP contribution >= 0.6 is 0 Å². The summed E-state index contributed by atoms with van der Waals surface area (Å²) in [6.07, 6.45) is 3.69. The van der Waals surface area contributed by atoms with E-state index in [0.29, 0.717) is 5.92 Å². The molecule has 0 aromatic heterocycles. The molecular formula is C16H24FNO. The van der Waals surface area contributed by atoms with Crippen LogP contribution in [-0.4, -0.2) is 26.8 Å². The van der Waals surface area contributed by atoms with E-state index < -0.39 is 0 Å². The maximum atomic E-state index is 13.1. The molecule has 0 amide bonds. The van der Waals surface area contributed by atoms with Gasteiger partial charge < -0.3 is 10.1 Å². The summed E-state index contributed by atoms with van der Waals surface area (Å²) in [4.78, 5) is 0. The number of benzene rings is 1. The highest BCUT2D eigenvalue weighted by Crippen LogP contribution is 2.45. The summed E-state index contributed by atoms with van der Waals surface area (Å²) in [6, 6.07) is 7.07. The van der Waals surface area contributed by atoms with Gasteiger partial charge in [0.1, 0.15) is 5.82 Å². The van der Waals surface area contributed by atoms with E-state index in [2.05, 4.69) is 12.2 Å². The summed E-state index contributed by atoms with van der Waals surface area (Å²) >= 11 is 0. The third-order valence-corrected chi connectivity index (χ3v) is 4.55. The standard InChI is InChI=1S/C16H24FNO/c1-13-4-3-9-16(13,12-18-10-11-19-2)14-5-7-15(17)8-6-14/h5-8,13,18H,3-4,9-12H2,1-2H3. The van der Waals surface area contributed by atoms with E-state index in [9.17, 15) is 4.39 Å². The lowest BCUT2D eigenvalue weighted by Crippen LogP contribution is -2.41. The van der Waals surface area contributed by atoms with Gasteiger partial charge in [0, 0.05) is 25.6 Å². The SMILES string of the molecule is COCCNCC1(c2ccc(F)cc2)CCCC1C. The van der Waals surface area contributed by atoms with Crippen LogP contribution in [0.1, 0.15) is 31.7 Å². The Morgan fingerprint density at radius 1 is 1.37 bits per heavy atom. The van der Waals surface area contributed by atoms with Crippen molar-refractivity contribution in [3.63, 3.8) is 0 Å². The highest BCUT2D eigenvalue weighted by Gasteiger charge is 2.41. The van der Waals surface area contributed by atoms with Gasteiger partial charge in [0.2, 0.25) is 0 Å². The van der Waals surface area contributed by atoms with Gasteiger partial charge in [0.05, 0.1) is 6.61 Å². The summed E-state index contributed by atoms with van der Waals surface area (Å²) in [6.45, 7) is 4.86. The van der Waals surface area contributed by atoms with Crippen LogP contribution in [-0.2, 0) is 10.2 Å². The Labute approximate surface area is 115 Å². The molecule has 1 aromatic rings. The molecule has 1 aromatic carbocycles. The maximum absolute atomic E-state index is 13.1. The molecule has 3 heteroatoms. The van der Waals surface area contributed by atoms with Crippen LogP contribution in [0.5, 0.6) is 0 Å². The molecule has 2 nitrogen and oxygen atoms in total. The second-order valence-corrected chi connectivity index (χ2v) is 5.63. The molecule has 106 valence electrons. The monoisotopic (exact) mass is 265 g/mol. The molecule has 1 fully saturated rings. The third kappa shape index (κ3) is 3.15. The molecule has 0 aliphatic heterocycles. The van der Waals surface area contributed by atoms with Gasteiger partial charge in [0.25, 0.3) is 0 Å². The van der Waals surface area contributed by atoms with E-state index in [-0.39, 0.29) is 11.2 Å². The van der Waals surface area contributed by atoms with E-state index >= 15 is 0 Å². The fourth-order valence-corrected chi connectivity index (χ4v) is 3.31. The summed E-state index contributed by atoms with van der Waals surface area (Å²) in [5.74, 6) is 0.477. The first-order valence-electron chi connectivity index (χ1n) is 7.15. The predicted octanol–water partition coefficient (Wildman–Crippen LogP) is 3.12. The molecule has 0 heterocycles. The fraction of sp³-hybridized carbons (Fsp3) is 0.625. The van der Waals surface area contributed by atoms with Gasteiger partial charge in [0.15, 0.2) is 0 Å². The predicted molar refractivity (Wildman–Crippen MR) is 75.8 cm³/mol. The first-order chi connectivity index (χ1) is 9.19. The van der Waals surface area contributed by atoms with Crippen molar-refractivity contribution < 1.29 is 9.13 Å². The fourth-order valence-electron chi connectivity index (χ4n) is 3.31. The molecule has 1 aliphatic carbocycles. The Kier molecular flexibility index (Phi) is 4.94. The van der Waals surface area contributed by atoms with Gasteiger partial charge in [-0.05, 0) is 36.5 Å². The summed E-state index contributed by atoms with van der Waals surface area (Å²) < 4.78 is 18.2. The lowest BCUT2D eigenvalue weighted by molar-refractivity contribution is 0.194. The molecule has 1 saturated carbocycles. The molecule has 19 heavy (non-hydrogen) atoms. The lowest BCUT2D eigenvalue weighted by atomic mass is 9.73. The number of nitrogens with one attached hydrogen (secondary N) is 1. The van der Waals surface area contributed by atoms with Crippen molar-refractivity contribution in [3.8, 4) is 0 Å². The van der Waals surface area contributed by atoms with Gasteiger partial charge >= 0.3 is 0 Å². The van der Waals surface area contributed by atoms with Gasteiger partial charge in [-0.1, -0.05) is 25.5 Å². The van der Waals surface area contributed by atoms with E-state index in [4.69, 9.17) is 4.74 Å². The second kappa shape index (κ2) is 6.49. The smallest absolute Gasteiger partial charge is 0.123 e. The van der Waals surface area contributed by atoms with Crippen molar-refractivity contribution in [2.24, 2.45) is 5.92 Å². The van der Waals surface area contributed by atoms with E-state index in [1.54, 1.807) is 19.2 Å². The highest BCUT2D eigenvalue weighted by molar-refractivity contribution is 5.29. The number of hydrogen-bond donors (Lipinski definition) is 1. The van der Waals surface area contributed by atoms with Gasteiger partial charge in [-0.2, -0.15) is 0 Å². The molecule has 1 aliphatic rings. The zero-order valence-electron chi connectivity index (χ0n) is 11.9. The first kappa shape index (κ1) is 14.5.